The number of aliphatic carboxylic acids is 1. The van der Waals surface area contributed by atoms with E-state index in [-0.39, 0.29) is 18.9 Å². The molecule has 0 rings (SSSR count). The Morgan fingerprint density at radius 1 is 1.19 bits per heavy atom. The van der Waals surface area contributed by atoms with Crippen LogP contribution in [-0.4, -0.2) is 53.4 Å². The van der Waals surface area contributed by atoms with E-state index in [1.54, 1.807) is 0 Å². The minimum Gasteiger partial charge on any atom is -0.481 e. The number of carboxylic acids is 1. The number of hydrogen-bond donors (Lipinski definition) is 3. The number of aliphatic hydroxyl groups excluding tert-OH is 1. The lowest BCUT2D eigenvalue weighted by molar-refractivity contribution is -0.137. The lowest BCUT2D eigenvalue weighted by Gasteiger charge is -2.21. The molecule has 122 valence electrons. The third kappa shape index (κ3) is 13.3. The highest BCUT2D eigenvalue weighted by atomic mass is 16.4. The van der Waals surface area contributed by atoms with Crippen molar-refractivity contribution in [3.05, 3.63) is 12.2 Å². The minimum atomic E-state index is -0.869. The van der Waals surface area contributed by atoms with Gasteiger partial charge in [0.2, 0.25) is 5.91 Å². The van der Waals surface area contributed by atoms with E-state index >= 15 is 0 Å². The van der Waals surface area contributed by atoms with E-state index in [9.17, 15) is 9.59 Å². The van der Waals surface area contributed by atoms with Crippen LogP contribution in [-0.2, 0) is 9.59 Å². The van der Waals surface area contributed by atoms with Gasteiger partial charge in [0.05, 0.1) is 13.1 Å². The summed E-state index contributed by atoms with van der Waals surface area (Å²) in [4.78, 5) is 24.0. The Kier molecular flexibility index (Phi) is 12.7. The quantitative estimate of drug-likeness (QED) is 0.271. The second kappa shape index (κ2) is 13.6. The maximum absolute atomic E-state index is 11.6. The van der Waals surface area contributed by atoms with Gasteiger partial charge in [-0.1, -0.05) is 25.8 Å². The molecule has 0 heterocycles. The first kappa shape index (κ1) is 19.6. The third-order valence-electron chi connectivity index (χ3n) is 2.99. The van der Waals surface area contributed by atoms with Gasteiger partial charge in [-0.3, -0.25) is 14.5 Å². The van der Waals surface area contributed by atoms with Crippen molar-refractivity contribution in [2.45, 2.75) is 45.4 Å². The summed E-state index contributed by atoms with van der Waals surface area (Å²) in [5, 5.41) is 20.2. The average Bonchev–Trinajstić information content (AvgIpc) is 2.46. The van der Waals surface area contributed by atoms with Gasteiger partial charge >= 0.3 is 5.97 Å². The van der Waals surface area contributed by atoms with Crippen LogP contribution >= 0.6 is 0 Å². The van der Waals surface area contributed by atoms with Crippen molar-refractivity contribution in [3.8, 4) is 0 Å². The molecule has 0 aliphatic heterocycles. The van der Waals surface area contributed by atoms with Crippen molar-refractivity contribution in [3.63, 3.8) is 0 Å². The molecular weight excluding hydrogens is 272 g/mol. The maximum Gasteiger partial charge on any atom is 0.304 e. The lowest BCUT2D eigenvalue weighted by Crippen LogP contribution is -2.39. The van der Waals surface area contributed by atoms with E-state index in [0.717, 1.165) is 25.7 Å². The van der Waals surface area contributed by atoms with Crippen LogP contribution in [0.2, 0.25) is 0 Å². The Hall–Kier alpha value is -1.40. The SMILES string of the molecule is CCCCC/C=C/C(=O)NCN(CCCO)CCC(=O)O. The van der Waals surface area contributed by atoms with E-state index in [1.165, 1.54) is 6.08 Å². The summed E-state index contributed by atoms with van der Waals surface area (Å²) in [5.74, 6) is -1.04. The summed E-state index contributed by atoms with van der Waals surface area (Å²) in [7, 11) is 0. The van der Waals surface area contributed by atoms with Gasteiger partial charge in [0.15, 0.2) is 0 Å². The number of unbranched alkanes of at least 4 members (excludes halogenated alkanes) is 3. The summed E-state index contributed by atoms with van der Waals surface area (Å²) >= 11 is 0. The summed E-state index contributed by atoms with van der Waals surface area (Å²) in [6, 6.07) is 0. The zero-order chi connectivity index (χ0) is 15.9. The first-order valence-corrected chi connectivity index (χ1v) is 7.59. The molecule has 6 nitrogen and oxygen atoms in total. The van der Waals surface area contributed by atoms with Gasteiger partial charge < -0.3 is 15.5 Å². The molecule has 6 heteroatoms. The van der Waals surface area contributed by atoms with E-state index in [0.29, 0.717) is 26.2 Å². The van der Waals surface area contributed by atoms with Crippen molar-refractivity contribution in [2.24, 2.45) is 0 Å². The van der Waals surface area contributed by atoms with Crippen molar-refractivity contribution in [1.82, 2.24) is 10.2 Å². The first-order valence-electron chi connectivity index (χ1n) is 7.59. The molecule has 0 aromatic carbocycles. The van der Waals surface area contributed by atoms with Crippen molar-refractivity contribution in [2.75, 3.05) is 26.4 Å². The van der Waals surface area contributed by atoms with Gasteiger partial charge in [0.25, 0.3) is 0 Å². The Labute approximate surface area is 126 Å². The standard InChI is InChI=1S/C15H28N2O4/c1-2-3-4-5-6-8-14(19)16-13-17(10-7-12-18)11-9-15(20)21/h6,8,18H,2-5,7,9-13H2,1H3,(H,16,19)(H,20,21)/b8-6+. The lowest BCUT2D eigenvalue weighted by atomic mass is 10.2. The number of hydrogen-bond acceptors (Lipinski definition) is 4. The largest absolute Gasteiger partial charge is 0.481 e. The molecule has 0 atom stereocenters. The Morgan fingerprint density at radius 2 is 1.95 bits per heavy atom. The van der Waals surface area contributed by atoms with Crippen LogP contribution in [0.3, 0.4) is 0 Å². The number of nitrogens with zero attached hydrogens (tertiary/aromatic N) is 1. The highest BCUT2D eigenvalue weighted by Crippen LogP contribution is 1.99. The molecule has 0 aromatic rings. The number of carbonyl (C=O) groups excluding carboxylic acids is 1. The fourth-order valence-electron chi connectivity index (χ4n) is 1.77. The number of aliphatic hydroxyl groups is 1. The van der Waals surface area contributed by atoms with E-state index in [2.05, 4.69) is 12.2 Å². The average molecular weight is 300 g/mol. The summed E-state index contributed by atoms with van der Waals surface area (Å²) in [6.45, 7) is 3.40. The van der Waals surface area contributed by atoms with Crippen LogP contribution in [0, 0.1) is 0 Å². The van der Waals surface area contributed by atoms with Gasteiger partial charge in [-0.2, -0.15) is 0 Å². The number of carbonyl (C=O) groups is 2. The number of allylic oxidation sites excluding steroid dienone is 1. The van der Waals surface area contributed by atoms with Gasteiger partial charge in [0, 0.05) is 19.7 Å². The van der Waals surface area contributed by atoms with Gasteiger partial charge in [-0.05, 0) is 25.3 Å². The summed E-state index contributed by atoms with van der Waals surface area (Å²) < 4.78 is 0. The van der Waals surface area contributed by atoms with Gasteiger partial charge in [-0.25, -0.2) is 0 Å². The van der Waals surface area contributed by atoms with Crippen LogP contribution in [0.1, 0.15) is 45.4 Å². The molecule has 0 saturated carbocycles. The Bertz CT molecular complexity index is 319. The van der Waals surface area contributed by atoms with E-state index < -0.39 is 5.97 Å². The molecule has 0 aliphatic rings. The molecule has 0 aliphatic carbocycles. The summed E-state index contributed by atoms with van der Waals surface area (Å²) in [5.41, 5.74) is 0. The number of amides is 1. The van der Waals surface area contributed by atoms with Crippen LogP contribution < -0.4 is 5.32 Å². The topological polar surface area (TPSA) is 89.9 Å². The van der Waals surface area contributed by atoms with Crippen molar-refractivity contribution < 1.29 is 19.8 Å². The van der Waals surface area contributed by atoms with Crippen LogP contribution in [0.4, 0.5) is 0 Å². The predicted molar refractivity (Wildman–Crippen MR) is 81.8 cm³/mol. The normalized spacial score (nSPS) is 11.2. The maximum atomic E-state index is 11.6. The molecule has 0 saturated heterocycles. The van der Waals surface area contributed by atoms with Crippen LogP contribution in [0.5, 0.6) is 0 Å². The molecule has 1 amide bonds. The second-order valence-electron chi connectivity index (χ2n) is 4.94. The molecule has 3 N–H and O–H groups in total. The highest BCUT2D eigenvalue weighted by molar-refractivity contribution is 5.87. The van der Waals surface area contributed by atoms with Crippen molar-refractivity contribution in [1.29, 1.82) is 0 Å². The van der Waals surface area contributed by atoms with Crippen molar-refractivity contribution >= 4 is 11.9 Å². The highest BCUT2D eigenvalue weighted by Gasteiger charge is 2.07. The number of rotatable bonds is 13. The molecule has 0 bridgehead atoms. The smallest absolute Gasteiger partial charge is 0.304 e. The molecule has 0 radical (unpaired) electrons. The van der Waals surface area contributed by atoms with Gasteiger partial charge in [0.1, 0.15) is 0 Å². The molecule has 21 heavy (non-hydrogen) atoms. The van der Waals surface area contributed by atoms with Crippen LogP contribution in [0.25, 0.3) is 0 Å². The first-order chi connectivity index (χ1) is 10.1. The monoisotopic (exact) mass is 300 g/mol. The second-order valence-corrected chi connectivity index (χ2v) is 4.94. The zero-order valence-electron chi connectivity index (χ0n) is 12.9. The minimum absolute atomic E-state index is 0.0220. The fraction of sp³-hybridized carbons (Fsp3) is 0.733. The molecule has 0 spiro atoms. The zero-order valence-corrected chi connectivity index (χ0v) is 12.9. The predicted octanol–water partition coefficient (Wildman–Crippen LogP) is 1.36. The molecule has 0 aromatic heterocycles. The Balaban J connectivity index is 3.96. The summed E-state index contributed by atoms with van der Waals surface area (Å²) in [6.07, 6.45) is 8.27. The number of carboxylic acid groups (broad SMARTS) is 1. The number of nitrogens with one attached hydrogen (secondary N) is 1. The van der Waals surface area contributed by atoms with E-state index in [4.69, 9.17) is 10.2 Å². The molecule has 0 unspecified atom stereocenters. The third-order valence-corrected chi connectivity index (χ3v) is 2.99. The van der Waals surface area contributed by atoms with Crippen LogP contribution in [0.15, 0.2) is 12.2 Å². The molecular formula is C15H28N2O4. The Morgan fingerprint density at radius 3 is 2.57 bits per heavy atom. The van der Waals surface area contributed by atoms with E-state index in [1.807, 2.05) is 11.0 Å². The molecule has 0 fully saturated rings. The fourth-order valence-corrected chi connectivity index (χ4v) is 1.77. The van der Waals surface area contributed by atoms with Gasteiger partial charge in [-0.15, -0.1) is 0 Å².